The Labute approximate surface area is 180 Å². The Morgan fingerprint density at radius 1 is 1.03 bits per heavy atom. The van der Waals surface area contributed by atoms with Crippen LogP contribution in [0.5, 0.6) is 5.75 Å². The van der Waals surface area contributed by atoms with Gasteiger partial charge in [-0.15, -0.1) is 0 Å². The van der Waals surface area contributed by atoms with Crippen molar-refractivity contribution in [3.63, 3.8) is 0 Å². The van der Waals surface area contributed by atoms with Gasteiger partial charge < -0.3 is 19.5 Å². The molecular formula is C24H18F3NO4. The Kier molecular flexibility index (Phi) is 5.40. The molecule has 1 heterocycles. The highest BCUT2D eigenvalue weighted by atomic mass is 19.3. The summed E-state index contributed by atoms with van der Waals surface area (Å²) in [6, 6.07) is 14.9. The van der Waals surface area contributed by atoms with E-state index in [4.69, 9.17) is 4.74 Å². The van der Waals surface area contributed by atoms with E-state index in [9.17, 15) is 19.4 Å². The normalized spacial score (nSPS) is 11.8. The van der Waals surface area contributed by atoms with E-state index in [1.165, 1.54) is 53.1 Å². The topological polar surface area (TPSA) is 71.7 Å². The maximum Gasteiger partial charge on any atom is 0.335 e. The summed E-state index contributed by atoms with van der Waals surface area (Å²) in [5, 5.41) is 20.0. The van der Waals surface area contributed by atoms with E-state index in [0.29, 0.717) is 0 Å². The zero-order chi connectivity index (χ0) is 23.0. The maximum absolute atomic E-state index is 15.5. The van der Waals surface area contributed by atoms with Crippen LogP contribution in [0.4, 0.5) is 13.2 Å². The van der Waals surface area contributed by atoms with Crippen molar-refractivity contribution in [3.8, 4) is 22.6 Å². The molecule has 0 radical (unpaired) electrons. The van der Waals surface area contributed by atoms with Gasteiger partial charge in [0, 0.05) is 18.4 Å². The second-order valence-corrected chi connectivity index (χ2v) is 7.23. The molecule has 4 rings (SSSR count). The number of phenolic OH excluding ortho intramolecular Hbond substituents is 1. The lowest BCUT2D eigenvalue weighted by Gasteiger charge is -2.21. The fourth-order valence-corrected chi connectivity index (χ4v) is 3.84. The lowest BCUT2D eigenvalue weighted by molar-refractivity contribution is -0.0735. The number of alkyl halides is 2. The van der Waals surface area contributed by atoms with Crippen LogP contribution >= 0.6 is 0 Å². The molecule has 8 heteroatoms. The number of rotatable bonds is 6. The average Bonchev–Trinajstić information content (AvgIpc) is 3.12. The Balaban J connectivity index is 2.14. The molecule has 0 aliphatic rings. The summed E-state index contributed by atoms with van der Waals surface area (Å²) in [6.45, 7) is -0.939. The molecule has 0 saturated heterocycles. The van der Waals surface area contributed by atoms with Gasteiger partial charge in [0.05, 0.1) is 16.5 Å². The van der Waals surface area contributed by atoms with Crippen molar-refractivity contribution in [3.05, 3.63) is 83.8 Å². The molecule has 32 heavy (non-hydrogen) atoms. The highest BCUT2D eigenvalue weighted by molar-refractivity contribution is 6.03. The summed E-state index contributed by atoms with van der Waals surface area (Å²) in [5.74, 6) is -5.41. The monoisotopic (exact) mass is 441 g/mol. The van der Waals surface area contributed by atoms with Gasteiger partial charge in [0.1, 0.15) is 23.9 Å². The van der Waals surface area contributed by atoms with E-state index in [0.717, 1.165) is 19.2 Å². The van der Waals surface area contributed by atoms with E-state index >= 15 is 8.78 Å². The zero-order valence-electron chi connectivity index (χ0n) is 16.8. The summed E-state index contributed by atoms with van der Waals surface area (Å²) in [7, 11) is 1.15. The third kappa shape index (κ3) is 3.58. The molecule has 2 N–H and O–H groups in total. The molecule has 0 spiro atoms. The van der Waals surface area contributed by atoms with Crippen molar-refractivity contribution >= 4 is 16.9 Å². The van der Waals surface area contributed by atoms with Gasteiger partial charge in [-0.1, -0.05) is 18.2 Å². The molecule has 4 aromatic rings. The largest absolute Gasteiger partial charge is 0.507 e. The number of phenols is 1. The van der Waals surface area contributed by atoms with Crippen LogP contribution in [-0.4, -0.2) is 34.5 Å². The fraction of sp³-hybridized carbons (Fsp3) is 0.125. The number of fused-ring (bicyclic) bond motifs is 1. The van der Waals surface area contributed by atoms with Crippen LogP contribution in [0.1, 0.15) is 16.1 Å². The molecule has 3 aromatic carbocycles. The van der Waals surface area contributed by atoms with E-state index < -0.39 is 30.0 Å². The molecule has 0 saturated carbocycles. The summed E-state index contributed by atoms with van der Waals surface area (Å²) >= 11 is 0. The van der Waals surface area contributed by atoms with Crippen LogP contribution in [0.15, 0.2) is 66.7 Å². The average molecular weight is 441 g/mol. The minimum Gasteiger partial charge on any atom is -0.507 e. The van der Waals surface area contributed by atoms with Crippen LogP contribution in [0.3, 0.4) is 0 Å². The molecule has 1 aromatic heterocycles. The molecule has 5 nitrogen and oxygen atoms in total. The van der Waals surface area contributed by atoms with Gasteiger partial charge in [0.25, 0.3) is 0 Å². The SMILES string of the molecule is COCC(F)(F)c1c(-c2ccc(C(=O)O)cc2)c2c(O)cccc2n1-c1ccc(F)cc1. The number of carboxylic acids is 1. The number of benzene rings is 3. The minimum absolute atomic E-state index is 0.00885. The van der Waals surface area contributed by atoms with E-state index in [2.05, 4.69) is 0 Å². The quantitative estimate of drug-likeness (QED) is 0.410. The maximum atomic E-state index is 15.5. The van der Waals surface area contributed by atoms with E-state index in [1.54, 1.807) is 6.07 Å². The first-order valence-corrected chi connectivity index (χ1v) is 9.58. The smallest absolute Gasteiger partial charge is 0.335 e. The Hall–Kier alpha value is -3.78. The lowest BCUT2D eigenvalue weighted by atomic mass is 9.97. The number of nitrogens with zero attached hydrogens (tertiary/aromatic N) is 1. The highest BCUT2D eigenvalue weighted by Crippen LogP contribution is 2.47. The number of hydrogen-bond acceptors (Lipinski definition) is 3. The van der Waals surface area contributed by atoms with Gasteiger partial charge in [-0.05, 0) is 54.1 Å². The Bertz CT molecular complexity index is 1300. The van der Waals surface area contributed by atoms with Gasteiger partial charge in [-0.25, -0.2) is 9.18 Å². The van der Waals surface area contributed by atoms with Crippen LogP contribution in [0, 0.1) is 5.82 Å². The Morgan fingerprint density at radius 2 is 1.69 bits per heavy atom. The van der Waals surface area contributed by atoms with Crippen LogP contribution < -0.4 is 0 Å². The van der Waals surface area contributed by atoms with Crippen molar-refractivity contribution in [1.82, 2.24) is 4.57 Å². The summed E-state index contributed by atoms with van der Waals surface area (Å²) in [4.78, 5) is 11.2. The summed E-state index contributed by atoms with van der Waals surface area (Å²) in [6.07, 6.45) is 0. The minimum atomic E-state index is -3.50. The van der Waals surface area contributed by atoms with E-state index in [-0.39, 0.29) is 39.0 Å². The number of hydrogen-bond donors (Lipinski definition) is 2. The number of methoxy groups -OCH3 is 1. The number of halogens is 3. The van der Waals surface area contributed by atoms with Gasteiger partial charge >= 0.3 is 11.9 Å². The van der Waals surface area contributed by atoms with Gasteiger partial charge in [-0.3, -0.25) is 0 Å². The second-order valence-electron chi connectivity index (χ2n) is 7.23. The van der Waals surface area contributed by atoms with E-state index in [1.807, 2.05) is 0 Å². The standard InChI is InChI=1S/C24H18F3NO4/c1-32-13-24(26,27)22-20(14-5-7-15(8-6-14)23(30)31)21-18(3-2-4-19(21)29)28(22)17-11-9-16(25)10-12-17/h2-12,29H,13H2,1H3,(H,30,31). The predicted octanol–water partition coefficient (Wildman–Crippen LogP) is 5.58. The second kappa shape index (κ2) is 8.05. The number of aromatic nitrogens is 1. The summed E-state index contributed by atoms with van der Waals surface area (Å²) < 4.78 is 50.6. The molecule has 0 aliphatic heterocycles. The van der Waals surface area contributed by atoms with Crippen molar-refractivity contribution in [2.75, 3.05) is 13.7 Å². The number of carbonyl (C=O) groups is 1. The molecule has 164 valence electrons. The van der Waals surface area contributed by atoms with Crippen LogP contribution in [0.2, 0.25) is 0 Å². The third-order valence-corrected chi connectivity index (χ3v) is 5.15. The number of aromatic carboxylic acids is 1. The first kappa shape index (κ1) is 21.5. The highest BCUT2D eigenvalue weighted by Gasteiger charge is 2.40. The predicted molar refractivity (Wildman–Crippen MR) is 113 cm³/mol. The van der Waals surface area contributed by atoms with Gasteiger partial charge in [0.2, 0.25) is 0 Å². The molecule has 0 amide bonds. The van der Waals surface area contributed by atoms with Gasteiger partial charge in [-0.2, -0.15) is 8.78 Å². The molecule has 0 atom stereocenters. The molecule has 0 fully saturated rings. The number of ether oxygens (including phenoxy) is 1. The number of aromatic hydroxyl groups is 1. The van der Waals surface area contributed by atoms with Crippen molar-refractivity contribution in [2.45, 2.75) is 5.92 Å². The molecule has 0 bridgehead atoms. The fourth-order valence-electron chi connectivity index (χ4n) is 3.84. The zero-order valence-corrected chi connectivity index (χ0v) is 16.8. The van der Waals surface area contributed by atoms with Gasteiger partial charge in [0.15, 0.2) is 0 Å². The molecule has 0 unspecified atom stereocenters. The number of carboxylic acid groups (broad SMARTS) is 1. The van der Waals surface area contributed by atoms with Crippen LogP contribution in [-0.2, 0) is 10.7 Å². The summed E-state index contributed by atoms with van der Waals surface area (Å²) in [5.41, 5.74) is 0.381. The van der Waals surface area contributed by atoms with Crippen molar-refractivity contribution < 1.29 is 32.9 Å². The van der Waals surface area contributed by atoms with Crippen molar-refractivity contribution in [1.29, 1.82) is 0 Å². The lowest BCUT2D eigenvalue weighted by Crippen LogP contribution is -2.24. The Morgan fingerprint density at radius 3 is 2.28 bits per heavy atom. The molecular weight excluding hydrogens is 423 g/mol. The third-order valence-electron chi connectivity index (χ3n) is 5.15. The molecule has 0 aliphatic carbocycles. The van der Waals surface area contributed by atoms with Crippen molar-refractivity contribution in [2.24, 2.45) is 0 Å². The van der Waals surface area contributed by atoms with Crippen LogP contribution in [0.25, 0.3) is 27.7 Å². The first-order chi connectivity index (χ1) is 15.2. The first-order valence-electron chi connectivity index (χ1n) is 9.58.